The van der Waals surface area contributed by atoms with E-state index in [2.05, 4.69) is 15.3 Å². The van der Waals surface area contributed by atoms with Crippen LogP contribution >= 0.6 is 11.3 Å². The van der Waals surface area contributed by atoms with Crippen LogP contribution in [0.4, 0.5) is 13.2 Å². The predicted molar refractivity (Wildman–Crippen MR) is 106 cm³/mol. The molecular weight excluding hydrogens is 451 g/mol. The highest BCUT2D eigenvalue weighted by molar-refractivity contribution is 7.08. The van der Waals surface area contributed by atoms with Crippen molar-refractivity contribution in [2.45, 2.75) is 32.3 Å². The number of ether oxygens (including phenoxy) is 1. The Morgan fingerprint density at radius 3 is 2.62 bits per heavy atom. The largest absolute Gasteiger partial charge is 0.490 e. The first-order valence-electron chi connectivity index (χ1n) is 9.32. The van der Waals surface area contributed by atoms with Crippen LogP contribution in [0.15, 0.2) is 41.2 Å². The Hall–Kier alpha value is -3.48. The van der Waals surface area contributed by atoms with Gasteiger partial charge in [-0.3, -0.25) is 4.79 Å². The van der Waals surface area contributed by atoms with Gasteiger partial charge in [0.1, 0.15) is 12.3 Å². The van der Waals surface area contributed by atoms with E-state index in [1.807, 2.05) is 38.5 Å². The van der Waals surface area contributed by atoms with Crippen molar-refractivity contribution in [2.24, 2.45) is 0 Å². The summed E-state index contributed by atoms with van der Waals surface area (Å²) in [6, 6.07) is 7.37. The van der Waals surface area contributed by atoms with Crippen LogP contribution in [0.25, 0.3) is 0 Å². The molecule has 0 atom stereocenters. The number of thiophene rings is 1. The number of amides is 1. The van der Waals surface area contributed by atoms with Gasteiger partial charge < -0.3 is 14.7 Å². The van der Waals surface area contributed by atoms with Gasteiger partial charge in [-0.05, 0) is 23.9 Å². The van der Waals surface area contributed by atoms with Gasteiger partial charge in [-0.2, -0.15) is 24.5 Å². The standard InChI is InChI=1S/C17H17N5O2S.C2HF3O2/c23-17(13-5-9-25-12-13)21-7-3-8-22-15(10-21)14(19-20-22)11-24-16-4-1-2-6-18-16;3-2(4,5)1(6)7/h1-2,4-6,9,12H,3,7-8,10-11H2;(H,6,7). The van der Waals surface area contributed by atoms with Gasteiger partial charge >= 0.3 is 12.1 Å². The monoisotopic (exact) mass is 469 g/mol. The molecule has 0 aliphatic carbocycles. The Balaban J connectivity index is 0.000000360. The van der Waals surface area contributed by atoms with Crippen LogP contribution in [0, 0.1) is 0 Å². The van der Waals surface area contributed by atoms with E-state index in [-0.39, 0.29) is 12.5 Å². The molecule has 0 spiro atoms. The number of aliphatic carboxylic acids is 1. The highest BCUT2D eigenvalue weighted by atomic mass is 32.1. The zero-order valence-electron chi connectivity index (χ0n) is 16.5. The molecular formula is C19H18F3N5O4S. The number of rotatable bonds is 4. The first kappa shape index (κ1) is 23.2. The van der Waals surface area contributed by atoms with Gasteiger partial charge in [0, 0.05) is 30.7 Å². The van der Waals surface area contributed by atoms with Crippen molar-refractivity contribution in [1.82, 2.24) is 24.9 Å². The summed E-state index contributed by atoms with van der Waals surface area (Å²) in [5.74, 6) is -2.16. The average Bonchev–Trinajstić information content (AvgIpc) is 3.38. The second kappa shape index (κ2) is 10.2. The van der Waals surface area contributed by atoms with Gasteiger partial charge in [-0.15, -0.1) is 5.10 Å². The van der Waals surface area contributed by atoms with Gasteiger partial charge in [0.2, 0.25) is 5.88 Å². The molecule has 0 radical (unpaired) electrons. The van der Waals surface area contributed by atoms with Gasteiger partial charge in [-0.1, -0.05) is 11.3 Å². The van der Waals surface area contributed by atoms with Crippen molar-refractivity contribution in [2.75, 3.05) is 6.54 Å². The van der Waals surface area contributed by atoms with Crippen molar-refractivity contribution >= 4 is 23.2 Å². The third kappa shape index (κ3) is 6.03. The van der Waals surface area contributed by atoms with Crippen molar-refractivity contribution < 1.29 is 32.6 Å². The van der Waals surface area contributed by atoms with Crippen molar-refractivity contribution in [3.8, 4) is 5.88 Å². The number of carbonyl (C=O) groups excluding carboxylic acids is 1. The lowest BCUT2D eigenvalue weighted by Crippen LogP contribution is -2.30. The van der Waals surface area contributed by atoms with Crippen LogP contribution in [-0.2, 0) is 24.5 Å². The van der Waals surface area contributed by atoms with Crippen molar-refractivity contribution in [1.29, 1.82) is 0 Å². The van der Waals surface area contributed by atoms with Crippen LogP contribution in [0.1, 0.15) is 28.2 Å². The third-order valence-electron chi connectivity index (χ3n) is 4.35. The highest BCUT2D eigenvalue weighted by Crippen LogP contribution is 2.19. The molecule has 0 saturated carbocycles. The maximum atomic E-state index is 12.7. The van der Waals surface area contributed by atoms with E-state index in [0.717, 1.165) is 29.9 Å². The molecule has 0 aromatic carbocycles. The number of aryl methyl sites for hydroxylation is 1. The Bertz CT molecular complexity index is 1040. The SMILES string of the molecule is O=C(O)C(F)(F)F.O=C(c1ccsc1)N1CCCn2nnc(COc3ccccn3)c2C1. The quantitative estimate of drug-likeness (QED) is 0.625. The number of nitrogens with zero attached hydrogens (tertiary/aromatic N) is 5. The first-order valence-corrected chi connectivity index (χ1v) is 10.3. The maximum absolute atomic E-state index is 12.7. The summed E-state index contributed by atoms with van der Waals surface area (Å²) in [6.45, 7) is 2.23. The zero-order chi connectivity index (χ0) is 23.1. The number of hydrogen-bond donors (Lipinski definition) is 1. The summed E-state index contributed by atoms with van der Waals surface area (Å²) in [6.07, 6.45) is -2.55. The van der Waals surface area contributed by atoms with E-state index in [4.69, 9.17) is 14.6 Å². The molecule has 1 amide bonds. The van der Waals surface area contributed by atoms with Crippen LogP contribution in [0.3, 0.4) is 0 Å². The normalized spacial score (nSPS) is 13.4. The zero-order valence-corrected chi connectivity index (χ0v) is 17.3. The van der Waals surface area contributed by atoms with Gasteiger partial charge in [0.25, 0.3) is 5.91 Å². The topological polar surface area (TPSA) is 110 Å². The van der Waals surface area contributed by atoms with Crippen molar-refractivity contribution in [3.63, 3.8) is 0 Å². The molecule has 170 valence electrons. The second-order valence-electron chi connectivity index (χ2n) is 6.56. The summed E-state index contributed by atoms with van der Waals surface area (Å²) in [5, 5.41) is 19.4. The van der Waals surface area contributed by atoms with Crippen LogP contribution in [-0.4, -0.2) is 54.6 Å². The number of carbonyl (C=O) groups is 2. The van der Waals surface area contributed by atoms with Crippen molar-refractivity contribution in [3.05, 3.63) is 58.2 Å². The van der Waals surface area contributed by atoms with Crippen LogP contribution in [0.2, 0.25) is 0 Å². The lowest BCUT2D eigenvalue weighted by atomic mass is 10.2. The number of alkyl halides is 3. The van der Waals surface area contributed by atoms with E-state index >= 15 is 0 Å². The number of aromatic nitrogens is 4. The van der Waals surface area contributed by atoms with E-state index in [1.165, 1.54) is 11.3 Å². The van der Waals surface area contributed by atoms with Crippen LogP contribution in [0.5, 0.6) is 5.88 Å². The molecule has 4 heterocycles. The van der Waals surface area contributed by atoms with Crippen LogP contribution < -0.4 is 4.74 Å². The number of hydrogen-bond acceptors (Lipinski definition) is 7. The molecule has 0 unspecified atom stereocenters. The minimum absolute atomic E-state index is 0.0486. The fourth-order valence-electron chi connectivity index (χ4n) is 2.82. The Labute approximate surface area is 184 Å². The molecule has 13 heteroatoms. The van der Waals surface area contributed by atoms with Gasteiger partial charge in [0.05, 0.1) is 17.8 Å². The van der Waals surface area contributed by atoms with Gasteiger partial charge in [0.15, 0.2) is 0 Å². The lowest BCUT2D eigenvalue weighted by molar-refractivity contribution is -0.192. The fraction of sp³-hybridized carbons (Fsp3) is 0.316. The van der Waals surface area contributed by atoms with E-state index in [9.17, 15) is 18.0 Å². The summed E-state index contributed by atoms with van der Waals surface area (Å²) < 4.78 is 39.3. The molecule has 1 N–H and O–H groups in total. The van der Waals surface area contributed by atoms with Gasteiger partial charge in [-0.25, -0.2) is 14.5 Å². The first-order chi connectivity index (χ1) is 15.3. The molecule has 0 saturated heterocycles. The number of fused-ring (bicyclic) bond motifs is 1. The second-order valence-corrected chi connectivity index (χ2v) is 7.34. The summed E-state index contributed by atoms with van der Waals surface area (Å²) >= 11 is 1.53. The summed E-state index contributed by atoms with van der Waals surface area (Å²) in [5.41, 5.74) is 2.41. The Morgan fingerprint density at radius 2 is 2.00 bits per heavy atom. The molecule has 1 aliphatic heterocycles. The molecule has 3 aromatic heterocycles. The van der Waals surface area contributed by atoms with E-state index < -0.39 is 12.1 Å². The predicted octanol–water partition coefficient (Wildman–Crippen LogP) is 2.99. The van der Waals surface area contributed by atoms with E-state index in [1.54, 1.807) is 12.3 Å². The molecule has 9 nitrogen and oxygen atoms in total. The summed E-state index contributed by atoms with van der Waals surface area (Å²) in [4.78, 5) is 27.6. The Morgan fingerprint density at radius 1 is 1.22 bits per heavy atom. The number of pyridine rings is 1. The fourth-order valence-corrected chi connectivity index (χ4v) is 3.45. The molecule has 1 aliphatic rings. The minimum Gasteiger partial charge on any atom is -0.475 e. The lowest BCUT2D eigenvalue weighted by Gasteiger charge is -2.19. The Kier molecular flexibility index (Phi) is 7.41. The summed E-state index contributed by atoms with van der Waals surface area (Å²) in [7, 11) is 0. The number of carboxylic acids is 1. The average molecular weight is 469 g/mol. The smallest absolute Gasteiger partial charge is 0.475 e. The highest BCUT2D eigenvalue weighted by Gasteiger charge is 2.38. The molecule has 4 rings (SSSR count). The number of carboxylic acid groups (broad SMARTS) is 1. The molecule has 0 fully saturated rings. The minimum atomic E-state index is -5.08. The molecule has 3 aromatic rings. The molecule has 32 heavy (non-hydrogen) atoms. The third-order valence-corrected chi connectivity index (χ3v) is 5.03. The number of halogens is 3. The molecule has 0 bridgehead atoms. The van der Waals surface area contributed by atoms with E-state index in [0.29, 0.717) is 19.0 Å². The maximum Gasteiger partial charge on any atom is 0.490 e.